The standard InChI is InChI=1S/C15H20O2/c1-11-6-7-14(10-12(11)2)17-9-8-13-4-3-5-15(13)16/h6-7,10,13H,3-5,8-9H2,1-2H3. The molecule has 1 saturated carbocycles. The van der Waals surface area contributed by atoms with Gasteiger partial charge in [0.15, 0.2) is 0 Å². The van der Waals surface area contributed by atoms with E-state index < -0.39 is 0 Å². The second kappa shape index (κ2) is 5.35. The van der Waals surface area contributed by atoms with Gasteiger partial charge in [0.05, 0.1) is 6.61 Å². The summed E-state index contributed by atoms with van der Waals surface area (Å²) >= 11 is 0. The van der Waals surface area contributed by atoms with Crippen LogP contribution in [0.3, 0.4) is 0 Å². The molecule has 0 aliphatic heterocycles. The molecule has 1 atom stereocenters. The molecule has 2 heteroatoms. The fraction of sp³-hybridized carbons (Fsp3) is 0.533. The fourth-order valence-corrected chi connectivity index (χ4v) is 2.32. The highest BCUT2D eigenvalue weighted by molar-refractivity contribution is 5.82. The van der Waals surface area contributed by atoms with Gasteiger partial charge in [-0.15, -0.1) is 0 Å². The molecule has 1 aromatic carbocycles. The van der Waals surface area contributed by atoms with Gasteiger partial charge in [-0.25, -0.2) is 0 Å². The minimum Gasteiger partial charge on any atom is -0.494 e. The molecule has 0 bridgehead atoms. The molecule has 0 radical (unpaired) electrons. The Morgan fingerprint density at radius 1 is 1.29 bits per heavy atom. The molecule has 2 rings (SSSR count). The topological polar surface area (TPSA) is 26.3 Å². The Kier molecular flexibility index (Phi) is 3.82. The molecule has 1 fully saturated rings. The van der Waals surface area contributed by atoms with Crippen LogP contribution in [0.15, 0.2) is 18.2 Å². The average molecular weight is 232 g/mol. The van der Waals surface area contributed by atoms with Crippen LogP contribution in [0, 0.1) is 19.8 Å². The number of aryl methyl sites for hydroxylation is 2. The maximum atomic E-state index is 11.5. The second-order valence-corrected chi connectivity index (χ2v) is 4.94. The van der Waals surface area contributed by atoms with Gasteiger partial charge in [0.25, 0.3) is 0 Å². The molecule has 2 nitrogen and oxygen atoms in total. The SMILES string of the molecule is Cc1ccc(OCCC2CCCC2=O)cc1C. The number of ether oxygens (including phenoxy) is 1. The lowest BCUT2D eigenvalue weighted by Crippen LogP contribution is -2.11. The van der Waals surface area contributed by atoms with Crippen LogP contribution in [0.5, 0.6) is 5.75 Å². The highest BCUT2D eigenvalue weighted by Crippen LogP contribution is 2.24. The molecule has 0 aromatic heterocycles. The third-order valence-electron chi connectivity index (χ3n) is 3.64. The molecule has 17 heavy (non-hydrogen) atoms. The summed E-state index contributed by atoms with van der Waals surface area (Å²) in [5.41, 5.74) is 2.53. The molecule has 0 spiro atoms. The zero-order chi connectivity index (χ0) is 12.3. The molecule has 0 N–H and O–H groups in total. The highest BCUT2D eigenvalue weighted by Gasteiger charge is 2.23. The summed E-state index contributed by atoms with van der Waals surface area (Å²) in [7, 11) is 0. The maximum absolute atomic E-state index is 11.5. The molecule has 0 heterocycles. The first-order valence-electron chi connectivity index (χ1n) is 6.39. The third-order valence-corrected chi connectivity index (χ3v) is 3.64. The van der Waals surface area contributed by atoms with Gasteiger partial charge in [-0.3, -0.25) is 4.79 Å². The van der Waals surface area contributed by atoms with E-state index >= 15 is 0 Å². The van der Waals surface area contributed by atoms with Crippen LogP contribution in [-0.4, -0.2) is 12.4 Å². The van der Waals surface area contributed by atoms with Gasteiger partial charge >= 0.3 is 0 Å². The van der Waals surface area contributed by atoms with Crippen LogP contribution >= 0.6 is 0 Å². The Balaban J connectivity index is 1.81. The van der Waals surface area contributed by atoms with Crippen molar-refractivity contribution in [3.05, 3.63) is 29.3 Å². The predicted molar refractivity (Wildman–Crippen MR) is 68.4 cm³/mol. The van der Waals surface area contributed by atoms with E-state index in [1.165, 1.54) is 11.1 Å². The van der Waals surface area contributed by atoms with Crippen LogP contribution in [0.4, 0.5) is 0 Å². The first-order valence-corrected chi connectivity index (χ1v) is 6.39. The smallest absolute Gasteiger partial charge is 0.136 e. The number of carbonyl (C=O) groups excluding carboxylic acids is 1. The van der Waals surface area contributed by atoms with Crippen LogP contribution in [0.2, 0.25) is 0 Å². The first kappa shape index (κ1) is 12.2. The van der Waals surface area contributed by atoms with E-state index in [1.54, 1.807) is 0 Å². The normalized spacial score (nSPS) is 19.6. The minimum absolute atomic E-state index is 0.251. The van der Waals surface area contributed by atoms with E-state index in [0.717, 1.165) is 31.4 Å². The molecular formula is C15H20O2. The lowest BCUT2D eigenvalue weighted by Gasteiger charge is -2.10. The highest BCUT2D eigenvalue weighted by atomic mass is 16.5. The van der Waals surface area contributed by atoms with Crippen molar-refractivity contribution in [2.24, 2.45) is 5.92 Å². The number of Topliss-reactive ketones (excluding diaryl/α,β-unsaturated/α-hetero) is 1. The van der Waals surface area contributed by atoms with Crippen LogP contribution in [-0.2, 0) is 4.79 Å². The fourth-order valence-electron chi connectivity index (χ4n) is 2.32. The van der Waals surface area contributed by atoms with Crippen molar-refractivity contribution in [2.45, 2.75) is 39.5 Å². The second-order valence-electron chi connectivity index (χ2n) is 4.94. The number of hydrogen-bond acceptors (Lipinski definition) is 2. The Morgan fingerprint density at radius 3 is 2.76 bits per heavy atom. The minimum atomic E-state index is 0.251. The molecule has 0 amide bonds. The Morgan fingerprint density at radius 2 is 2.12 bits per heavy atom. The van der Waals surface area contributed by atoms with Crippen molar-refractivity contribution in [2.75, 3.05) is 6.61 Å². The Bertz CT molecular complexity index is 409. The van der Waals surface area contributed by atoms with Crippen molar-refractivity contribution in [3.8, 4) is 5.75 Å². The van der Waals surface area contributed by atoms with E-state index in [1.807, 2.05) is 6.07 Å². The lowest BCUT2D eigenvalue weighted by molar-refractivity contribution is -0.121. The number of rotatable bonds is 4. The summed E-state index contributed by atoms with van der Waals surface area (Å²) in [5.74, 6) is 1.59. The van der Waals surface area contributed by atoms with Gasteiger partial charge < -0.3 is 4.74 Å². The summed E-state index contributed by atoms with van der Waals surface area (Å²) in [6, 6.07) is 6.13. The zero-order valence-electron chi connectivity index (χ0n) is 10.7. The van der Waals surface area contributed by atoms with Gasteiger partial charge in [-0.2, -0.15) is 0 Å². The van der Waals surface area contributed by atoms with Gasteiger partial charge in [0.1, 0.15) is 11.5 Å². The van der Waals surface area contributed by atoms with E-state index in [2.05, 4.69) is 26.0 Å². The molecule has 1 aromatic rings. The number of hydrogen-bond donors (Lipinski definition) is 0. The Labute approximate surface area is 103 Å². The number of ketones is 1. The zero-order valence-corrected chi connectivity index (χ0v) is 10.7. The quantitative estimate of drug-likeness (QED) is 0.795. The number of benzene rings is 1. The van der Waals surface area contributed by atoms with E-state index in [0.29, 0.717) is 12.4 Å². The molecule has 1 aliphatic carbocycles. The first-order chi connectivity index (χ1) is 8.16. The van der Waals surface area contributed by atoms with Gasteiger partial charge in [-0.05, 0) is 56.4 Å². The van der Waals surface area contributed by atoms with Crippen LogP contribution in [0.25, 0.3) is 0 Å². The molecule has 1 aliphatic rings. The van der Waals surface area contributed by atoms with E-state index in [4.69, 9.17) is 4.74 Å². The van der Waals surface area contributed by atoms with Gasteiger partial charge in [0.2, 0.25) is 0 Å². The van der Waals surface area contributed by atoms with Crippen molar-refractivity contribution in [3.63, 3.8) is 0 Å². The van der Waals surface area contributed by atoms with E-state index in [9.17, 15) is 4.79 Å². The molecule has 1 unspecified atom stereocenters. The van der Waals surface area contributed by atoms with Gasteiger partial charge in [0, 0.05) is 12.3 Å². The molecule has 92 valence electrons. The number of carbonyl (C=O) groups is 1. The largest absolute Gasteiger partial charge is 0.494 e. The summed E-state index contributed by atoms with van der Waals surface area (Å²) < 4.78 is 5.70. The van der Waals surface area contributed by atoms with Crippen LogP contribution in [0.1, 0.15) is 36.8 Å². The summed E-state index contributed by atoms with van der Waals surface area (Å²) in [6.45, 7) is 4.83. The van der Waals surface area contributed by atoms with Crippen molar-refractivity contribution >= 4 is 5.78 Å². The van der Waals surface area contributed by atoms with Crippen LogP contribution < -0.4 is 4.74 Å². The van der Waals surface area contributed by atoms with Crippen molar-refractivity contribution < 1.29 is 9.53 Å². The summed E-state index contributed by atoms with van der Waals surface area (Å²) in [5, 5.41) is 0. The van der Waals surface area contributed by atoms with E-state index in [-0.39, 0.29) is 5.92 Å². The average Bonchev–Trinajstić information content (AvgIpc) is 2.70. The maximum Gasteiger partial charge on any atom is 0.136 e. The Hall–Kier alpha value is -1.31. The lowest BCUT2D eigenvalue weighted by atomic mass is 10.0. The van der Waals surface area contributed by atoms with Crippen molar-refractivity contribution in [1.82, 2.24) is 0 Å². The summed E-state index contributed by atoms with van der Waals surface area (Å²) in [6.07, 6.45) is 3.75. The monoisotopic (exact) mass is 232 g/mol. The summed E-state index contributed by atoms with van der Waals surface area (Å²) in [4.78, 5) is 11.5. The van der Waals surface area contributed by atoms with Crippen molar-refractivity contribution in [1.29, 1.82) is 0 Å². The molecule has 0 saturated heterocycles. The predicted octanol–water partition coefficient (Wildman–Crippen LogP) is 3.44. The third kappa shape index (κ3) is 3.09. The molecular weight excluding hydrogens is 212 g/mol. The van der Waals surface area contributed by atoms with Gasteiger partial charge in [-0.1, -0.05) is 6.07 Å².